The Balaban J connectivity index is 0.000000344. The molecule has 0 heterocycles. The van der Waals surface area contributed by atoms with Crippen LogP contribution in [-0.4, -0.2) is 35.8 Å². The average molecular weight is 879 g/mol. The minimum absolute atomic E-state index is 0.0405. The predicted octanol–water partition coefficient (Wildman–Crippen LogP) is 15.9. The van der Waals surface area contributed by atoms with E-state index in [0.717, 1.165) is 62.5 Å². The zero-order valence-corrected chi connectivity index (χ0v) is 44.5. The van der Waals surface area contributed by atoms with E-state index in [2.05, 4.69) is 178 Å². The van der Waals surface area contributed by atoms with E-state index in [0.29, 0.717) is 11.5 Å². The number of aryl methyl sites for hydroxylation is 6. The summed E-state index contributed by atoms with van der Waals surface area (Å²) >= 11 is 0. The van der Waals surface area contributed by atoms with Gasteiger partial charge < -0.3 is 19.7 Å². The van der Waals surface area contributed by atoms with Crippen LogP contribution in [0.4, 0.5) is 0 Å². The molecule has 0 radical (unpaired) electrons. The van der Waals surface area contributed by atoms with Gasteiger partial charge in [-0.15, -0.1) is 0 Å². The van der Waals surface area contributed by atoms with Crippen LogP contribution in [0.25, 0.3) is 0 Å². The van der Waals surface area contributed by atoms with Crippen molar-refractivity contribution in [3.63, 3.8) is 0 Å². The monoisotopic (exact) mass is 879 g/mol. The van der Waals surface area contributed by atoms with Crippen molar-refractivity contribution in [1.29, 1.82) is 0 Å². The SMILES string of the molecule is CCC(CC)(c1ccc(O)c(C)c1)c1ccc(CCC(O)C(C)(C)C)c(C)c1.CCC(CC)(c1ccc(O)c(C)c1)c1ccc(CCC(O[Si](C)(C)C(C)(C)C)C(C)(C)C)c(C)c1. The number of phenolic OH excluding ortho intramolecular Hbond substituents is 2. The molecular weight excluding hydrogens is 789 g/mol. The average Bonchev–Trinajstić information content (AvgIpc) is 3.19. The summed E-state index contributed by atoms with van der Waals surface area (Å²) in [6.07, 6.45) is 7.78. The van der Waals surface area contributed by atoms with E-state index in [1.165, 1.54) is 44.5 Å². The Morgan fingerprint density at radius 3 is 1.11 bits per heavy atom. The predicted molar refractivity (Wildman–Crippen MR) is 274 cm³/mol. The summed E-state index contributed by atoms with van der Waals surface area (Å²) < 4.78 is 6.94. The summed E-state index contributed by atoms with van der Waals surface area (Å²) in [5, 5.41) is 30.6. The number of phenols is 2. The van der Waals surface area contributed by atoms with Crippen LogP contribution in [0.2, 0.25) is 18.1 Å². The minimum Gasteiger partial charge on any atom is -0.508 e. The normalized spacial score (nSPS) is 14.0. The first-order chi connectivity index (χ1) is 29.0. The van der Waals surface area contributed by atoms with E-state index in [1.807, 2.05) is 26.0 Å². The van der Waals surface area contributed by atoms with E-state index in [4.69, 9.17) is 4.43 Å². The second kappa shape index (κ2) is 21.3. The number of rotatable bonds is 16. The summed E-state index contributed by atoms with van der Waals surface area (Å²) in [5.41, 5.74) is 12.5. The van der Waals surface area contributed by atoms with Crippen molar-refractivity contribution in [3.05, 3.63) is 128 Å². The highest BCUT2D eigenvalue weighted by atomic mass is 28.4. The Hall–Kier alpha value is -3.38. The van der Waals surface area contributed by atoms with Gasteiger partial charge in [0, 0.05) is 10.8 Å². The minimum atomic E-state index is -1.84. The Morgan fingerprint density at radius 1 is 0.492 bits per heavy atom. The molecule has 4 rings (SSSR count). The Kier molecular flexibility index (Phi) is 18.2. The maximum absolute atomic E-state index is 10.4. The molecule has 0 aliphatic carbocycles. The molecule has 4 aromatic carbocycles. The van der Waals surface area contributed by atoms with Gasteiger partial charge in [0.2, 0.25) is 0 Å². The van der Waals surface area contributed by atoms with Gasteiger partial charge in [0.05, 0.1) is 12.2 Å². The molecule has 350 valence electrons. The smallest absolute Gasteiger partial charge is 0.192 e. The van der Waals surface area contributed by atoms with Gasteiger partial charge in [-0.05, 0) is 176 Å². The van der Waals surface area contributed by atoms with E-state index in [1.54, 1.807) is 0 Å². The first kappa shape index (κ1) is 54.0. The van der Waals surface area contributed by atoms with Gasteiger partial charge >= 0.3 is 0 Å². The van der Waals surface area contributed by atoms with Gasteiger partial charge in [-0.3, -0.25) is 0 Å². The van der Waals surface area contributed by atoms with E-state index in [9.17, 15) is 15.3 Å². The molecule has 0 bridgehead atoms. The third-order valence-electron chi connectivity index (χ3n) is 15.3. The lowest BCUT2D eigenvalue weighted by Gasteiger charge is -2.43. The van der Waals surface area contributed by atoms with Crippen molar-refractivity contribution < 1.29 is 19.7 Å². The van der Waals surface area contributed by atoms with E-state index >= 15 is 0 Å². The van der Waals surface area contributed by atoms with Crippen molar-refractivity contribution in [2.75, 3.05) is 0 Å². The maximum Gasteiger partial charge on any atom is 0.192 e. The maximum atomic E-state index is 10.4. The van der Waals surface area contributed by atoms with Gasteiger partial charge in [0.15, 0.2) is 8.32 Å². The quantitative estimate of drug-likeness (QED) is 0.0981. The van der Waals surface area contributed by atoms with Crippen molar-refractivity contribution in [2.24, 2.45) is 10.8 Å². The highest BCUT2D eigenvalue weighted by Crippen LogP contribution is 2.44. The van der Waals surface area contributed by atoms with Crippen LogP contribution in [0.1, 0.15) is 184 Å². The van der Waals surface area contributed by atoms with E-state index in [-0.39, 0.29) is 38.9 Å². The molecule has 0 fully saturated rings. The van der Waals surface area contributed by atoms with Crippen LogP contribution < -0.4 is 0 Å². The lowest BCUT2D eigenvalue weighted by Crippen LogP contribution is -2.47. The van der Waals surface area contributed by atoms with Crippen LogP contribution in [0.3, 0.4) is 0 Å². The lowest BCUT2D eigenvalue weighted by molar-refractivity contribution is 0.0559. The number of aliphatic hydroxyl groups excluding tert-OH is 1. The summed E-state index contributed by atoms with van der Waals surface area (Å²) in [6.45, 7) is 42.4. The zero-order valence-electron chi connectivity index (χ0n) is 43.5. The summed E-state index contributed by atoms with van der Waals surface area (Å²) in [4.78, 5) is 0. The molecule has 5 heteroatoms. The molecule has 0 saturated heterocycles. The standard InChI is InChI=1S/C32H52O2Si.C26H38O2/c1-13-32(14-2,27-18-19-28(33)24(4)22-27)26-17-15-25(23(3)21-26)16-20-29(30(5,6)7)34-35(11,12)31(8,9)10;1-8-26(9-2,22-13-14-23(27)19(4)17-22)21-12-10-20(18(3)16-21)11-15-24(28)25(5,6)7/h15,17-19,21-22,29,33H,13-14,16,20H2,1-12H3;10,12-14,16-17,24,27-28H,8-9,11,15H2,1-7H3. The fourth-order valence-electron chi connectivity index (χ4n) is 9.13. The molecule has 63 heavy (non-hydrogen) atoms. The molecule has 0 aliphatic heterocycles. The van der Waals surface area contributed by atoms with Gasteiger partial charge in [0.25, 0.3) is 0 Å². The van der Waals surface area contributed by atoms with Gasteiger partial charge in [-0.2, -0.15) is 0 Å². The molecule has 4 aromatic rings. The van der Waals surface area contributed by atoms with Crippen LogP contribution >= 0.6 is 0 Å². The lowest BCUT2D eigenvalue weighted by atomic mass is 9.69. The Labute approximate surface area is 387 Å². The topological polar surface area (TPSA) is 69.9 Å². The van der Waals surface area contributed by atoms with Gasteiger partial charge in [-0.1, -0.05) is 151 Å². The van der Waals surface area contributed by atoms with Gasteiger partial charge in [-0.25, -0.2) is 0 Å². The summed E-state index contributed by atoms with van der Waals surface area (Å²) in [7, 11) is -1.84. The molecule has 3 N–H and O–H groups in total. The molecule has 0 saturated carbocycles. The molecule has 0 aromatic heterocycles. The molecule has 0 spiro atoms. The second-order valence-electron chi connectivity index (χ2n) is 22.6. The van der Waals surface area contributed by atoms with Crippen molar-refractivity contribution >= 4 is 8.32 Å². The number of aliphatic hydroxyl groups is 1. The Bertz CT molecular complexity index is 2080. The molecule has 4 nitrogen and oxygen atoms in total. The highest BCUT2D eigenvalue weighted by Gasteiger charge is 2.41. The van der Waals surface area contributed by atoms with Crippen LogP contribution in [0, 0.1) is 38.5 Å². The number of benzene rings is 4. The Morgan fingerprint density at radius 2 is 0.825 bits per heavy atom. The number of hydrogen-bond donors (Lipinski definition) is 3. The van der Waals surface area contributed by atoms with Crippen LogP contribution in [-0.2, 0) is 28.1 Å². The first-order valence-corrected chi connectivity index (χ1v) is 27.1. The summed E-state index contributed by atoms with van der Waals surface area (Å²) in [6, 6.07) is 26.1. The fraction of sp³-hybridized carbons (Fsp3) is 0.586. The zero-order chi connectivity index (χ0) is 47.9. The third kappa shape index (κ3) is 12.9. The molecule has 0 aliphatic rings. The van der Waals surface area contributed by atoms with Crippen molar-refractivity contribution in [1.82, 2.24) is 0 Å². The van der Waals surface area contributed by atoms with Crippen LogP contribution in [0.5, 0.6) is 11.5 Å². The summed E-state index contributed by atoms with van der Waals surface area (Å²) in [5.74, 6) is 0.725. The van der Waals surface area contributed by atoms with Crippen molar-refractivity contribution in [2.45, 2.75) is 210 Å². The van der Waals surface area contributed by atoms with Gasteiger partial charge in [0.1, 0.15) is 11.5 Å². The largest absolute Gasteiger partial charge is 0.508 e. The molecular formula is C58H90O4Si. The number of hydrogen-bond acceptors (Lipinski definition) is 4. The first-order valence-electron chi connectivity index (χ1n) is 24.2. The fourth-order valence-corrected chi connectivity index (χ4v) is 10.7. The highest BCUT2D eigenvalue weighted by molar-refractivity contribution is 6.74. The second-order valence-corrected chi connectivity index (χ2v) is 27.3. The van der Waals surface area contributed by atoms with Crippen LogP contribution in [0.15, 0.2) is 72.8 Å². The molecule has 0 amide bonds. The van der Waals surface area contributed by atoms with E-state index < -0.39 is 8.32 Å². The third-order valence-corrected chi connectivity index (χ3v) is 19.8. The van der Waals surface area contributed by atoms with Crippen molar-refractivity contribution in [3.8, 4) is 11.5 Å². The molecule has 2 atom stereocenters. The molecule has 2 unspecified atom stereocenters. The number of aromatic hydroxyl groups is 2.